The third kappa shape index (κ3) is 4.96. The number of anilines is 2. The molecular weight excluding hydrogens is 304 g/mol. The van der Waals surface area contributed by atoms with Crippen molar-refractivity contribution in [1.29, 1.82) is 0 Å². The Balaban J connectivity index is 2.05. The summed E-state index contributed by atoms with van der Waals surface area (Å²) in [6.45, 7) is 9.21. The summed E-state index contributed by atoms with van der Waals surface area (Å²) in [5, 5.41) is 7.07. The molecule has 0 aliphatic carbocycles. The molecule has 0 heterocycles. The van der Waals surface area contributed by atoms with Gasteiger partial charge in [0.25, 0.3) is 0 Å². The van der Waals surface area contributed by atoms with E-state index in [4.69, 9.17) is 17.0 Å². The van der Waals surface area contributed by atoms with Crippen LogP contribution in [-0.4, -0.2) is 11.7 Å². The van der Waals surface area contributed by atoms with Gasteiger partial charge in [-0.2, -0.15) is 0 Å². The zero-order valence-electron chi connectivity index (χ0n) is 14.1. The van der Waals surface area contributed by atoms with Crippen molar-refractivity contribution in [3.05, 3.63) is 54.1 Å². The van der Waals surface area contributed by atoms with Gasteiger partial charge in [0.05, 0.1) is 6.61 Å². The minimum Gasteiger partial charge on any atom is -0.494 e. The maximum absolute atomic E-state index is 5.44. The predicted molar refractivity (Wildman–Crippen MR) is 103 cm³/mol. The van der Waals surface area contributed by atoms with Gasteiger partial charge in [0.1, 0.15) is 5.75 Å². The second kappa shape index (κ2) is 7.47. The highest BCUT2D eigenvalue weighted by atomic mass is 32.1. The van der Waals surface area contributed by atoms with Crippen LogP contribution < -0.4 is 15.4 Å². The molecule has 23 heavy (non-hydrogen) atoms. The molecule has 0 saturated heterocycles. The molecule has 2 aromatic rings. The van der Waals surface area contributed by atoms with E-state index in [0.29, 0.717) is 11.7 Å². The summed E-state index contributed by atoms with van der Waals surface area (Å²) in [7, 11) is 0. The van der Waals surface area contributed by atoms with Gasteiger partial charge in [0.15, 0.2) is 5.11 Å². The zero-order valence-corrected chi connectivity index (χ0v) is 15.0. The molecule has 0 bridgehead atoms. The Kier molecular flexibility index (Phi) is 5.61. The van der Waals surface area contributed by atoms with Crippen molar-refractivity contribution in [2.45, 2.75) is 33.1 Å². The number of nitrogens with one attached hydrogen (secondary N) is 2. The van der Waals surface area contributed by atoms with Gasteiger partial charge in [-0.3, -0.25) is 0 Å². The molecule has 0 fully saturated rings. The standard InChI is InChI=1S/C19H24N2OS/c1-5-22-15-12-10-14(11-13-15)20-18(23)21-17-9-7-6-8-16(17)19(2,3)4/h6-13H,5H2,1-4H3,(H2,20,21,23). The van der Waals surface area contributed by atoms with E-state index in [-0.39, 0.29) is 5.41 Å². The van der Waals surface area contributed by atoms with Gasteiger partial charge in [-0.25, -0.2) is 0 Å². The van der Waals surface area contributed by atoms with Gasteiger partial charge >= 0.3 is 0 Å². The Labute approximate surface area is 144 Å². The van der Waals surface area contributed by atoms with Crippen molar-refractivity contribution in [2.24, 2.45) is 0 Å². The highest BCUT2D eigenvalue weighted by Crippen LogP contribution is 2.29. The molecule has 2 rings (SSSR count). The molecule has 0 aliphatic rings. The average molecular weight is 328 g/mol. The van der Waals surface area contributed by atoms with Crippen LogP contribution in [-0.2, 0) is 5.41 Å². The first-order valence-electron chi connectivity index (χ1n) is 7.80. The van der Waals surface area contributed by atoms with Crippen LogP contribution in [0.3, 0.4) is 0 Å². The third-order valence-electron chi connectivity index (χ3n) is 3.41. The molecular formula is C19H24N2OS. The molecule has 0 aromatic heterocycles. The molecule has 4 heteroatoms. The lowest BCUT2D eigenvalue weighted by atomic mass is 9.86. The summed E-state index contributed by atoms with van der Waals surface area (Å²) < 4.78 is 5.44. The van der Waals surface area contributed by atoms with E-state index in [9.17, 15) is 0 Å². The van der Waals surface area contributed by atoms with Crippen molar-refractivity contribution in [2.75, 3.05) is 17.2 Å². The van der Waals surface area contributed by atoms with E-state index in [1.807, 2.05) is 43.3 Å². The molecule has 0 atom stereocenters. The largest absolute Gasteiger partial charge is 0.494 e. The van der Waals surface area contributed by atoms with Crippen molar-refractivity contribution >= 4 is 28.7 Å². The lowest BCUT2D eigenvalue weighted by molar-refractivity contribution is 0.340. The van der Waals surface area contributed by atoms with Gasteiger partial charge in [0.2, 0.25) is 0 Å². The molecule has 2 N–H and O–H groups in total. The first kappa shape index (κ1) is 17.3. The zero-order chi connectivity index (χ0) is 16.9. The van der Waals surface area contributed by atoms with E-state index in [1.54, 1.807) is 0 Å². The number of hydrogen-bond donors (Lipinski definition) is 2. The Bertz CT molecular complexity index is 660. The number of ether oxygens (including phenoxy) is 1. The summed E-state index contributed by atoms with van der Waals surface area (Å²) in [4.78, 5) is 0. The highest BCUT2D eigenvalue weighted by Gasteiger charge is 2.17. The molecule has 0 aliphatic heterocycles. The van der Waals surface area contributed by atoms with Crippen LogP contribution in [0.15, 0.2) is 48.5 Å². The molecule has 0 unspecified atom stereocenters. The van der Waals surface area contributed by atoms with E-state index >= 15 is 0 Å². The van der Waals surface area contributed by atoms with Crippen LogP contribution >= 0.6 is 12.2 Å². The fraction of sp³-hybridized carbons (Fsp3) is 0.316. The van der Waals surface area contributed by atoms with Crippen LogP contribution in [0, 0.1) is 0 Å². The monoisotopic (exact) mass is 328 g/mol. The van der Waals surface area contributed by atoms with Crippen LogP contribution in [0.4, 0.5) is 11.4 Å². The number of para-hydroxylation sites is 1. The summed E-state index contributed by atoms with van der Waals surface area (Å²) in [5.74, 6) is 0.856. The van der Waals surface area contributed by atoms with E-state index in [1.165, 1.54) is 5.56 Å². The minimum absolute atomic E-state index is 0.0539. The summed E-state index contributed by atoms with van der Waals surface area (Å²) >= 11 is 5.43. The maximum Gasteiger partial charge on any atom is 0.175 e. The quantitative estimate of drug-likeness (QED) is 0.757. The second-order valence-electron chi connectivity index (χ2n) is 6.33. The number of thiocarbonyl (C=S) groups is 1. The second-order valence-corrected chi connectivity index (χ2v) is 6.74. The van der Waals surface area contributed by atoms with Crippen LogP contribution in [0.25, 0.3) is 0 Å². The summed E-state index contributed by atoms with van der Waals surface area (Å²) in [6, 6.07) is 16.0. The van der Waals surface area contributed by atoms with Crippen molar-refractivity contribution in [1.82, 2.24) is 0 Å². The molecule has 122 valence electrons. The van der Waals surface area contributed by atoms with Crippen LogP contribution in [0.1, 0.15) is 33.3 Å². The minimum atomic E-state index is 0.0539. The SMILES string of the molecule is CCOc1ccc(NC(=S)Nc2ccccc2C(C)(C)C)cc1. The Morgan fingerprint density at radius 2 is 1.65 bits per heavy atom. The van der Waals surface area contributed by atoms with Gasteiger partial charge in [-0.15, -0.1) is 0 Å². The van der Waals surface area contributed by atoms with E-state index in [2.05, 4.69) is 43.5 Å². The molecule has 0 saturated carbocycles. The normalized spacial score (nSPS) is 11.0. The summed E-state index contributed by atoms with van der Waals surface area (Å²) in [6.07, 6.45) is 0. The van der Waals surface area contributed by atoms with Crippen molar-refractivity contribution in [3.63, 3.8) is 0 Å². The molecule has 0 amide bonds. The van der Waals surface area contributed by atoms with Crippen LogP contribution in [0.5, 0.6) is 5.75 Å². The van der Waals surface area contributed by atoms with Gasteiger partial charge in [0, 0.05) is 11.4 Å². The fourth-order valence-corrected chi connectivity index (χ4v) is 2.56. The Hall–Kier alpha value is -2.07. The lowest BCUT2D eigenvalue weighted by Gasteiger charge is -2.23. The predicted octanol–water partition coefficient (Wildman–Crippen LogP) is 5.19. The Morgan fingerprint density at radius 1 is 1.00 bits per heavy atom. The van der Waals surface area contributed by atoms with Gasteiger partial charge < -0.3 is 15.4 Å². The topological polar surface area (TPSA) is 33.3 Å². The fourth-order valence-electron chi connectivity index (χ4n) is 2.33. The highest BCUT2D eigenvalue weighted by molar-refractivity contribution is 7.80. The van der Waals surface area contributed by atoms with Gasteiger partial charge in [-0.05, 0) is 60.5 Å². The van der Waals surface area contributed by atoms with Gasteiger partial charge in [-0.1, -0.05) is 39.0 Å². The van der Waals surface area contributed by atoms with Crippen molar-refractivity contribution in [3.8, 4) is 5.75 Å². The van der Waals surface area contributed by atoms with Crippen molar-refractivity contribution < 1.29 is 4.74 Å². The number of benzene rings is 2. The third-order valence-corrected chi connectivity index (χ3v) is 3.61. The smallest absolute Gasteiger partial charge is 0.175 e. The van der Waals surface area contributed by atoms with E-state index < -0.39 is 0 Å². The first-order chi connectivity index (χ1) is 10.9. The summed E-state index contributed by atoms with van der Waals surface area (Å²) in [5.41, 5.74) is 3.25. The molecule has 2 aromatic carbocycles. The van der Waals surface area contributed by atoms with Crippen LogP contribution in [0.2, 0.25) is 0 Å². The number of hydrogen-bond acceptors (Lipinski definition) is 2. The maximum atomic E-state index is 5.44. The molecule has 0 radical (unpaired) electrons. The average Bonchev–Trinajstić information content (AvgIpc) is 2.49. The molecule has 3 nitrogen and oxygen atoms in total. The Morgan fingerprint density at radius 3 is 2.26 bits per heavy atom. The lowest BCUT2D eigenvalue weighted by Crippen LogP contribution is -2.22. The first-order valence-corrected chi connectivity index (χ1v) is 8.21. The van der Waals surface area contributed by atoms with E-state index in [0.717, 1.165) is 17.1 Å². The number of rotatable bonds is 4. The molecule has 0 spiro atoms.